The average molecular weight is 568 g/mol. The lowest BCUT2D eigenvalue weighted by Gasteiger charge is -2.38. The molecule has 1 saturated carbocycles. The van der Waals surface area contributed by atoms with Crippen LogP contribution in [0.4, 0.5) is 5.82 Å². The number of fused-ring (bicyclic) bond motifs is 1. The van der Waals surface area contributed by atoms with E-state index in [9.17, 15) is 13.2 Å². The van der Waals surface area contributed by atoms with Crippen LogP contribution in [-0.4, -0.2) is 77.9 Å². The number of ether oxygens (including phenoxy) is 2. The third-order valence-corrected chi connectivity index (χ3v) is 8.60. The molecule has 0 atom stereocenters. The average Bonchev–Trinajstić information content (AvgIpc) is 3.60. The molecule has 1 aliphatic carbocycles. The first-order chi connectivity index (χ1) is 19.2. The Hall–Kier alpha value is -3.81. The van der Waals surface area contributed by atoms with Gasteiger partial charge in [-0.15, -0.1) is 0 Å². The first-order valence-electron chi connectivity index (χ1n) is 13.0. The minimum absolute atomic E-state index is 0.00341. The SMILES string of the molecule is CNC(=O)C1(OCCOC)CCC(c2nc3c(-c4cnn(-c5ccccc5)c4)cnn3c(N)c2S(C)(=O)=O)CC1. The number of carbonyl (C=O) groups excluding carboxylic acids is 1. The molecule has 1 aromatic carbocycles. The van der Waals surface area contributed by atoms with E-state index in [-0.39, 0.29) is 29.1 Å². The standard InChI is InChI=1S/C27H33N7O5S/c1-29-26(35)27(39-14-13-38-2)11-9-18(10-12-27)22-23(40(3,36)37)24(28)34-25(32-22)21(16-31-34)19-15-30-33(17-19)20-7-5-4-6-8-20/h4-8,15-18H,9-14,28H2,1-3H3,(H,29,35). The van der Waals surface area contributed by atoms with E-state index in [1.807, 2.05) is 36.5 Å². The Morgan fingerprint density at radius 3 is 2.52 bits per heavy atom. The number of hydrogen-bond acceptors (Lipinski definition) is 9. The lowest BCUT2D eigenvalue weighted by Crippen LogP contribution is -2.50. The van der Waals surface area contributed by atoms with Gasteiger partial charge in [0.1, 0.15) is 16.3 Å². The van der Waals surface area contributed by atoms with Crippen LogP contribution in [-0.2, 0) is 24.1 Å². The van der Waals surface area contributed by atoms with Gasteiger partial charge in [0.25, 0.3) is 5.91 Å². The number of sulfone groups is 1. The first-order valence-corrected chi connectivity index (χ1v) is 14.9. The Morgan fingerprint density at radius 2 is 1.88 bits per heavy atom. The molecule has 212 valence electrons. The maximum Gasteiger partial charge on any atom is 0.251 e. The molecular formula is C27H33N7O5S. The van der Waals surface area contributed by atoms with Crippen molar-refractivity contribution in [1.82, 2.24) is 29.7 Å². The van der Waals surface area contributed by atoms with Crippen LogP contribution in [0, 0.1) is 0 Å². The van der Waals surface area contributed by atoms with E-state index in [1.165, 1.54) is 4.52 Å². The van der Waals surface area contributed by atoms with Crippen LogP contribution in [0.25, 0.3) is 22.5 Å². The summed E-state index contributed by atoms with van der Waals surface area (Å²) in [5, 5.41) is 11.6. The number of likely N-dealkylation sites (N-methyl/N-ethyl adjacent to an activating group) is 1. The summed E-state index contributed by atoms with van der Waals surface area (Å²) in [5.41, 5.74) is 8.60. The molecule has 1 amide bonds. The third-order valence-electron chi connectivity index (χ3n) is 7.44. The van der Waals surface area contributed by atoms with Gasteiger partial charge in [-0.05, 0) is 37.8 Å². The van der Waals surface area contributed by atoms with Gasteiger partial charge in [0, 0.05) is 43.7 Å². The number of rotatable bonds is 9. The van der Waals surface area contributed by atoms with E-state index in [2.05, 4.69) is 15.5 Å². The molecular weight excluding hydrogens is 534 g/mol. The zero-order valence-electron chi connectivity index (χ0n) is 22.7. The number of methoxy groups -OCH3 is 1. The Balaban J connectivity index is 1.54. The second-order valence-corrected chi connectivity index (χ2v) is 11.9. The van der Waals surface area contributed by atoms with E-state index in [1.54, 1.807) is 31.2 Å². The number of nitrogens with zero attached hydrogens (tertiary/aromatic N) is 5. The number of nitrogens with one attached hydrogen (secondary N) is 1. The molecule has 40 heavy (non-hydrogen) atoms. The highest BCUT2D eigenvalue weighted by atomic mass is 32.2. The van der Waals surface area contributed by atoms with Crippen molar-refractivity contribution in [1.29, 1.82) is 0 Å². The molecule has 0 aliphatic heterocycles. The molecule has 0 radical (unpaired) electrons. The van der Waals surface area contributed by atoms with Crippen LogP contribution in [0.3, 0.4) is 0 Å². The summed E-state index contributed by atoms with van der Waals surface area (Å²) >= 11 is 0. The molecule has 12 nitrogen and oxygen atoms in total. The number of para-hydroxylation sites is 1. The van der Waals surface area contributed by atoms with Gasteiger partial charge in [-0.1, -0.05) is 18.2 Å². The van der Waals surface area contributed by atoms with Gasteiger partial charge < -0.3 is 20.5 Å². The summed E-state index contributed by atoms with van der Waals surface area (Å²) in [5.74, 6) is -0.457. The first kappa shape index (κ1) is 27.7. The van der Waals surface area contributed by atoms with Gasteiger partial charge in [0.15, 0.2) is 15.5 Å². The highest BCUT2D eigenvalue weighted by Crippen LogP contribution is 2.43. The smallest absolute Gasteiger partial charge is 0.251 e. The van der Waals surface area contributed by atoms with Crippen molar-refractivity contribution >= 4 is 27.2 Å². The van der Waals surface area contributed by atoms with Gasteiger partial charge in [0.05, 0.1) is 37.0 Å². The van der Waals surface area contributed by atoms with E-state index in [0.717, 1.165) is 17.5 Å². The normalized spacial score (nSPS) is 19.6. The Labute approximate surface area is 232 Å². The van der Waals surface area contributed by atoms with Gasteiger partial charge in [0.2, 0.25) is 0 Å². The zero-order chi connectivity index (χ0) is 28.5. The Bertz CT molecular complexity index is 1620. The maximum absolute atomic E-state index is 13.0. The molecule has 3 heterocycles. The molecule has 3 aromatic heterocycles. The molecule has 3 N–H and O–H groups in total. The molecule has 1 fully saturated rings. The monoisotopic (exact) mass is 567 g/mol. The Kier molecular flexibility index (Phi) is 7.62. The number of nitrogen functional groups attached to an aromatic ring is 1. The maximum atomic E-state index is 13.0. The summed E-state index contributed by atoms with van der Waals surface area (Å²) in [6.07, 6.45) is 8.07. The minimum atomic E-state index is -3.75. The second-order valence-electron chi connectivity index (χ2n) is 9.98. The molecule has 0 spiro atoms. The van der Waals surface area contributed by atoms with E-state index in [0.29, 0.717) is 49.2 Å². The van der Waals surface area contributed by atoms with Crippen molar-refractivity contribution < 1.29 is 22.7 Å². The van der Waals surface area contributed by atoms with Crippen LogP contribution in [0.1, 0.15) is 37.3 Å². The van der Waals surface area contributed by atoms with Crippen LogP contribution < -0.4 is 11.1 Å². The predicted molar refractivity (Wildman–Crippen MR) is 149 cm³/mol. The van der Waals surface area contributed by atoms with Gasteiger partial charge in [-0.3, -0.25) is 4.79 Å². The van der Waals surface area contributed by atoms with Gasteiger partial charge in [-0.25, -0.2) is 18.1 Å². The Morgan fingerprint density at radius 1 is 1.15 bits per heavy atom. The van der Waals surface area contributed by atoms with E-state index in [4.69, 9.17) is 20.2 Å². The number of anilines is 1. The van der Waals surface area contributed by atoms with Crippen LogP contribution >= 0.6 is 0 Å². The fraction of sp³-hybridized carbons (Fsp3) is 0.407. The largest absolute Gasteiger partial charge is 0.382 e. The van der Waals surface area contributed by atoms with Crippen LogP contribution in [0.15, 0.2) is 53.8 Å². The number of nitrogens with two attached hydrogens (primary N) is 1. The molecule has 4 aromatic rings. The van der Waals surface area contributed by atoms with E-state index >= 15 is 0 Å². The fourth-order valence-electron chi connectivity index (χ4n) is 5.40. The van der Waals surface area contributed by atoms with Crippen molar-refractivity contribution in [2.45, 2.75) is 42.1 Å². The highest BCUT2D eigenvalue weighted by molar-refractivity contribution is 7.91. The van der Waals surface area contributed by atoms with Crippen molar-refractivity contribution in [2.24, 2.45) is 0 Å². The summed E-state index contributed by atoms with van der Waals surface area (Å²) in [4.78, 5) is 17.7. The van der Waals surface area contributed by atoms with Crippen molar-refractivity contribution in [3.05, 3.63) is 54.6 Å². The summed E-state index contributed by atoms with van der Waals surface area (Å²) in [6.45, 7) is 0.635. The minimum Gasteiger partial charge on any atom is -0.382 e. The van der Waals surface area contributed by atoms with Gasteiger partial charge in [-0.2, -0.15) is 14.7 Å². The van der Waals surface area contributed by atoms with Crippen LogP contribution in [0.5, 0.6) is 0 Å². The van der Waals surface area contributed by atoms with Crippen LogP contribution in [0.2, 0.25) is 0 Å². The van der Waals surface area contributed by atoms with Crippen molar-refractivity contribution in [3.63, 3.8) is 0 Å². The molecule has 0 unspecified atom stereocenters. The number of amides is 1. The second kappa shape index (κ2) is 11.0. The molecule has 5 rings (SSSR count). The van der Waals surface area contributed by atoms with E-state index < -0.39 is 15.4 Å². The fourth-order valence-corrected chi connectivity index (χ4v) is 6.46. The number of hydrogen-bond donors (Lipinski definition) is 2. The molecule has 1 aliphatic rings. The summed E-state index contributed by atoms with van der Waals surface area (Å²) < 4.78 is 40.2. The molecule has 0 saturated heterocycles. The summed E-state index contributed by atoms with van der Waals surface area (Å²) in [6, 6.07) is 9.68. The highest BCUT2D eigenvalue weighted by Gasteiger charge is 2.44. The van der Waals surface area contributed by atoms with Gasteiger partial charge >= 0.3 is 0 Å². The number of aromatic nitrogens is 5. The predicted octanol–water partition coefficient (Wildman–Crippen LogP) is 2.37. The molecule has 0 bridgehead atoms. The van der Waals surface area contributed by atoms with Crippen molar-refractivity contribution in [2.75, 3.05) is 39.4 Å². The zero-order valence-corrected chi connectivity index (χ0v) is 23.5. The number of carbonyl (C=O) groups is 1. The quantitative estimate of drug-likeness (QED) is 0.290. The third kappa shape index (κ3) is 5.07. The number of benzene rings is 1. The topological polar surface area (TPSA) is 156 Å². The summed E-state index contributed by atoms with van der Waals surface area (Å²) in [7, 11) is -0.601. The lowest BCUT2D eigenvalue weighted by atomic mass is 9.76. The lowest BCUT2D eigenvalue weighted by molar-refractivity contribution is -0.154. The van der Waals surface area contributed by atoms with Crippen molar-refractivity contribution in [3.8, 4) is 16.8 Å². The molecule has 13 heteroatoms.